The van der Waals surface area contributed by atoms with Crippen LogP contribution in [0.5, 0.6) is 0 Å². The maximum absolute atomic E-state index is 4.98. The van der Waals surface area contributed by atoms with Gasteiger partial charge in [-0.25, -0.2) is 0 Å². The quantitative estimate of drug-likeness (QED) is 0.472. The molecule has 1 aromatic heterocycles. The number of rotatable bonds is 0. The molecule has 0 saturated carbocycles. The fourth-order valence-corrected chi connectivity index (χ4v) is 2.01. The standard InChI is InChI=1S/C7H5NS2.K/c9-7-8-5-3-1-2-4-6(5)10-7;/h1-4H,(H,8,9);/q;+1. The maximum Gasteiger partial charge on any atom is 1.00 e. The number of hydrogen-bond acceptors (Lipinski definition) is 2. The molecule has 0 amide bonds. The smallest absolute Gasteiger partial charge is 0.337 e. The van der Waals surface area contributed by atoms with Crippen LogP contribution in [-0.2, 0) is 0 Å². The first-order valence-corrected chi connectivity index (χ1v) is 4.16. The normalized spacial score (nSPS) is 9.45. The predicted molar refractivity (Wildman–Crippen MR) is 47.0 cm³/mol. The number of aromatic nitrogens is 1. The molecule has 0 spiro atoms. The molecule has 1 N–H and O–H groups in total. The van der Waals surface area contributed by atoms with Crippen LogP contribution in [0.15, 0.2) is 24.3 Å². The second kappa shape index (κ2) is 4.27. The summed E-state index contributed by atoms with van der Waals surface area (Å²) < 4.78 is 2.08. The molecule has 0 bridgehead atoms. The Balaban J connectivity index is 0.000000605. The minimum Gasteiger partial charge on any atom is -0.337 e. The van der Waals surface area contributed by atoms with Crippen LogP contribution in [0.3, 0.4) is 0 Å². The summed E-state index contributed by atoms with van der Waals surface area (Å²) in [6.07, 6.45) is 0. The van der Waals surface area contributed by atoms with Crippen LogP contribution in [0.4, 0.5) is 0 Å². The van der Waals surface area contributed by atoms with E-state index in [9.17, 15) is 0 Å². The summed E-state index contributed by atoms with van der Waals surface area (Å²) in [5.41, 5.74) is 1.14. The molecule has 11 heavy (non-hydrogen) atoms. The molecule has 0 radical (unpaired) electrons. The van der Waals surface area contributed by atoms with Crippen molar-refractivity contribution >= 4 is 33.8 Å². The number of aromatic amines is 1. The number of H-pyrrole nitrogens is 1. The van der Waals surface area contributed by atoms with Crippen molar-refractivity contribution in [3.8, 4) is 0 Å². The summed E-state index contributed by atoms with van der Waals surface area (Å²) in [5, 5.41) is 0. The average Bonchev–Trinajstić information content (AvgIpc) is 2.27. The van der Waals surface area contributed by atoms with E-state index in [4.69, 9.17) is 12.2 Å². The van der Waals surface area contributed by atoms with Crippen LogP contribution in [0.25, 0.3) is 10.2 Å². The number of hydrogen-bond donors (Lipinski definition) is 1. The molecule has 0 saturated heterocycles. The molecule has 0 aliphatic carbocycles. The zero-order valence-corrected chi connectivity index (χ0v) is 10.9. The zero-order chi connectivity index (χ0) is 6.97. The molecule has 50 valence electrons. The summed E-state index contributed by atoms with van der Waals surface area (Å²) in [7, 11) is 0. The van der Waals surface area contributed by atoms with Crippen LogP contribution in [0.2, 0.25) is 0 Å². The Labute approximate surface area is 116 Å². The fourth-order valence-electron chi connectivity index (χ4n) is 0.894. The van der Waals surface area contributed by atoms with Crippen molar-refractivity contribution in [2.24, 2.45) is 0 Å². The molecule has 0 fully saturated rings. The molecule has 4 heteroatoms. The van der Waals surface area contributed by atoms with E-state index in [1.807, 2.05) is 18.2 Å². The van der Waals surface area contributed by atoms with Gasteiger partial charge in [-0.05, 0) is 24.4 Å². The van der Waals surface area contributed by atoms with E-state index in [0.717, 1.165) is 9.47 Å². The summed E-state index contributed by atoms with van der Waals surface area (Å²) in [6, 6.07) is 8.11. The summed E-state index contributed by atoms with van der Waals surface area (Å²) >= 11 is 6.59. The van der Waals surface area contributed by atoms with E-state index in [0.29, 0.717) is 0 Å². The molecule has 1 aromatic carbocycles. The van der Waals surface area contributed by atoms with Gasteiger partial charge < -0.3 is 4.98 Å². The third-order valence-corrected chi connectivity index (χ3v) is 2.54. The number of fused-ring (bicyclic) bond motifs is 1. The Hall–Kier alpha value is 0.966. The van der Waals surface area contributed by atoms with E-state index in [1.165, 1.54) is 4.70 Å². The first-order chi connectivity index (χ1) is 4.86. The Kier molecular flexibility index (Phi) is 3.90. The van der Waals surface area contributed by atoms with Crippen LogP contribution < -0.4 is 51.4 Å². The van der Waals surface area contributed by atoms with Crippen molar-refractivity contribution < 1.29 is 51.4 Å². The van der Waals surface area contributed by atoms with E-state index in [1.54, 1.807) is 11.3 Å². The fraction of sp³-hybridized carbons (Fsp3) is 0. The number of nitrogens with one attached hydrogen (secondary N) is 1. The van der Waals surface area contributed by atoms with E-state index < -0.39 is 0 Å². The van der Waals surface area contributed by atoms with Crippen molar-refractivity contribution in [1.29, 1.82) is 0 Å². The minimum absolute atomic E-state index is 0. The largest absolute Gasteiger partial charge is 1.00 e. The van der Waals surface area contributed by atoms with Crippen LogP contribution >= 0.6 is 23.6 Å². The molecule has 0 unspecified atom stereocenters. The van der Waals surface area contributed by atoms with Gasteiger partial charge in [-0.15, -0.1) is 11.3 Å². The number of thiazole rings is 1. The first kappa shape index (κ1) is 10.0. The average molecular weight is 206 g/mol. The molecular formula is C7H5KNS2+. The molecular weight excluding hydrogens is 201 g/mol. The Bertz CT molecular complexity index is 368. The van der Waals surface area contributed by atoms with Gasteiger partial charge in [0.2, 0.25) is 0 Å². The van der Waals surface area contributed by atoms with Crippen molar-refractivity contribution in [1.82, 2.24) is 4.98 Å². The van der Waals surface area contributed by atoms with Gasteiger partial charge in [0, 0.05) is 0 Å². The van der Waals surface area contributed by atoms with E-state index in [2.05, 4.69) is 11.1 Å². The molecule has 0 aliphatic heterocycles. The predicted octanol–water partition coefficient (Wildman–Crippen LogP) is -0.0371. The molecule has 0 atom stereocenters. The third-order valence-electron chi connectivity index (χ3n) is 1.33. The Morgan fingerprint density at radius 1 is 1.27 bits per heavy atom. The Morgan fingerprint density at radius 3 is 2.73 bits per heavy atom. The molecule has 2 aromatic rings. The molecule has 2 rings (SSSR count). The topological polar surface area (TPSA) is 15.8 Å². The SMILES string of the molecule is S=c1[nH]c2ccccc2s1.[K+]. The van der Waals surface area contributed by atoms with Gasteiger partial charge in [0.15, 0.2) is 3.95 Å². The second-order valence-electron chi connectivity index (χ2n) is 2.01. The molecule has 0 aliphatic rings. The maximum atomic E-state index is 4.98. The van der Waals surface area contributed by atoms with Crippen LogP contribution in [-0.4, -0.2) is 4.98 Å². The third kappa shape index (κ3) is 2.21. The summed E-state index contributed by atoms with van der Waals surface area (Å²) in [6.45, 7) is 0. The van der Waals surface area contributed by atoms with Gasteiger partial charge in [-0.1, -0.05) is 12.1 Å². The van der Waals surface area contributed by atoms with Crippen molar-refractivity contribution in [2.75, 3.05) is 0 Å². The van der Waals surface area contributed by atoms with Crippen molar-refractivity contribution in [3.05, 3.63) is 28.2 Å². The van der Waals surface area contributed by atoms with E-state index >= 15 is 0 Å². The van der Waals surface area contributed by atoms with Gasteiger partial charge >= 0.3 is 51.4 Å². The van der Waals surface area contributed by atoms with E-state index in [-0.39, 0.29) is 51.4 Å². The number of para-hydroxylation sites is 1. The van der Waals surface area contributed by atoms with Gasteiger partial charge in [0.05, 0.1) is 10.2 Å². The van der Waals surface area contributed by atoms with Gasteiger partial charge in [-0.2, -0.15) is 0 Å². The number of benzene rings is 1. The molecule has 1 nitrogen and oxygen atoms in total. The van der Waals surface area contributed by atoms with Gasteiger partial charge in [0.25, 0.3) is 0 Å². The Morgan fingerprint density at radius 2 is 2.00 bits per heavy atom. The van der Waals surface area contributed by atoms with Crippen LogP contribution in [0, 0.1) is 3.95 Å². The monoisotopic (exact) mass is 206 g/mol. The van der Waals surface area contributed by atoms with Crippen molar-refractivity contribution in [3.63, 3.8) is 0 Å². The van der Waals surface area contributed by atoms with Crippen molar-refractivity contribution in [2.45, 2.75) is 0 Å². The minimum atomic E-state index is 0. The molecule has 1 heterocycles. The van der Waals surface area contributed by atoms with Gasteiger partial charge in [0.1, 0.15) is 0 Å². The zero-order valence-electron chi connectivity index (χ0n) is 6.13. The van der Waals surface area contributed by atoms with Gasteiger partial charge in [-0.3, -0.25) is 0 Å². The summed E-state index contributed by atoms with van der Waals surface area (Å²) in [4.78, 5) is 3.09. The van der Waals surface area contributed by atoms with Crippen LogP contribution in [0.1, 0.15) is 0 Å². The second-order valence-corrected chi connectivity index (χ2v) is 3.73. The first-order valence-electron chi connectivity index (χ1n) is 2.94. The summed E-state index contributed by atoms with van der Waals surface area (Å²) in [5.74, 6) is 0.